The van der Waals surface area contributed by atoms with E-state index in [2.05, 4.69) is 34.8 Å². The maximum absolute atomic E-state index is 5.76. The number of nitrogens with zero attached hydrogens (tertiary/aromatic N) is 1. The molecule has 84 valence electrons. The van der Waals surface area contributed by atoms with Gasteiger partial charge in [-0.15, -0.1) is 0 Å². The molecule has 0 bridgehead atoms. The van der Waals surface area contributed by atoms with Crippen LogP contribution in [0.2, 0.25) is 0 Å². The summed E-state index contributed by atoms with van der Waals surface area (Å²) in [5.41, 5.74) is 7.34. The summed E-state index contributed by atoms with van der Waals surface area (Å²) in [7, 11) is 0. The van der Waals surface area contributed by atoms with E-state index in [1.807, 2.05) is 18.2 Å². The lowest BCUT2D eigenvalue weighted by Gasteiger charge is -2.00. The van der Waals surface area contributed by atoms with E-state index in [-0.39, 0.29) is 0 Å². The van der Waals surface area contributed by atoms with E-state index >= 15 is 0 Å². The molecule has 2 N–H and O–H groups in total. The molecule has 0 atom stereocenters. The number of hydrogen-bond acceptors (Lipinski definition) is 3. The Morgan fingerprint density at radius 3 is 2.62 bits per heavy atom. The van der Waals surface area contributed by atoms with E-state index in [0.717, 1.165) is 15.8 Å². The molecule has 4 heteroatoms. The Balaban J connectivity index is 2.42. The van der Waals surface area contributed by atoms with Gasteiger partial charge in [-0.2, -0.15) is 0 Å². The second-order valence-corrected chi connectivity index (χ2v) is 4.91. The molecular formula is C12H13BrN2O. The van der Waals surface area contributed by atoms with Gasteiger partial charge in [0.1, 0.15) is 5.76 Å². The van der Waals surface area contributed by atoms with Crippen molar-refractivity contribution >= 4 is 21.6 Å². The number of rotatable bonds is 2. The normalized spacial score (nSPS) is 11.0. The Kier molecular flexibility index (Phi) is 3.01. The second-order valence-electron chi connectivity index (χ2n) is 4.00. The molecule has 0 saturated heterocycles. The summed E-state index contributed by atoms with van der Waals surface area (Å²) in [6.07, 6.45) is 1.76. The number of halogens is 1. The highest BCUT2D eigenvalue weighted by molar-refractivity contribution is 9.10. The van der Waals surface area contributed by atoms with E-state index in [9.17, 15) is 0 Å². The zero-order valence-electron chi connectivity index (χ0n) is 9.20. The predicted molar refractivity (Wildman–Crippen MR) is 68.1 cm³/mol. The van der Waals surface area contributed by atoms with Crippen LogP contribution in [-0.2, 0) is 0 Å². The number of hydrogen-bond donors (Lipinski definition) is 1. The minimum Gasteiger partial charge on any atom is -0.441 e. The van der Waals surface area contributed by atoms with Gasteiger partial charge in [0.25, 0.3) is 0 Å². The van der Waals surface area contributed by atoms with Crippen molar-refractivity contribution in [2.45, 2.75) is 19.8 Å². The van der Waals surface area contributed by atoms with Gasteiger partial charge in [-0.3, -0.25) is 0 Å². The van der Waals surface area contributed by atoms with Gasteiger partial charge < -0.3 is 10.2 Å². The van der Waals surface area contributed by atoms with Gasteiger partial charge in [0, 0.05) is 21.6 Å². The topological polar surface area (TPSA) is 52.0 Å². The fraction of sp³-hybridized carbons (Fsp3) is 0.250. The maximum Gasteiger partial charge on any atom is 0.226 e. The molecule has 16 heavy (non-hydrogen) atoms. The van der Waals surface area contributed by atoms with Gasteiger partial charge in [-0.1, -0.05) is 29.8 Å². The summed E-state index contributed by atoms with van der Waals surface area (Å²) in [5, 5.41) is 0. The van der Waals surface area contributed by atoms with Crippen LogP contribution >= 0.6 is 15.9 Å². The lowest BCUT2D eigenvalue weighted by Crippen LogP contribution is -1.86. The first-order chi connectivity index (χ1) is 7.56. The number of anilines is 1. The average molecular weight is 281 g/mol. The third-order valence-corrected chi connectivity index (χ3v) is 2.72. The summed E-state index contributed by atoms with van der Waals surface area (Å²) in [4.78, 5) is 4.25. The third-order valence-electron chi connectivity index (χ3n) is 2.26. The lowest BCUT2D eigenvalue weighted by atomic mass is 10.2. The smallest absolute Gasteiger partial charge is 0.226 e. The molecule has 0 saturated carbocycles. The third kappa shape index (κ3) is 2.27. The van der Waals surface area contributed by atoms with Crippen LogP contribution in [-0.4, -0.2) is 4.98 Å². The zero-order chi connectivity index (χ0) is 11.7. The average Bonchev–Trinajstić information content (AvgIpc) is 2.64. The van der Waals surface area contributed by atoms with Crippen LogP contribution in [0.3, 0.4) is 0 Å². The maximum atomic E-state index is 5.76. The van der Waals surface area contributed by atoms with Crippen molar-refractivity contribution in [3.8, 4) is 11.5 Å². The summed E-state index contributed by atoms with van der Waals surface area (Å²) >= 11 is 3.40. The largest absolute Gasteiger partial charge is 0.441 e. The van der Waals surface area contributed by atoms with Crippen LogP contribution in [0.15, 0.2) is 33.3 Å². The number of aromatic nitrogens is 1. The first-order valence-electron chi connectivity index (χ1n) is 5.08. The lowest BCUT2D eigenvalue weighted by molar-refractivity contribution is 0.495. The van der Waals surface area contributed by atoms with Gasteiger partial charge in [-0.05, 0) is 18.2 Å². The monoisotopic (exact) mass is 280 g/mol. The van der Waals surface area contributed by atoms with Crippen LogP contribution < -0.4 is 5.73 Å². The summed E-state index contributed by atoms with van der Waals surface area (Å²) in [6, 6.07) is 5.63. The fourth-order valence-corrected chi connectivity index (χ4v) is 1.93. The van der Waals surface area contributed by atoms with Crippen molar-refractivity contribution in [2.24, 2.45) is 0 Å². The van der Waals surface area contributed by atoms with Crippen LogP contribution in [0.25, 0.3) is 11.5 Å². The number of benzene rings is 1. The zero-order valence-corrected chi connectivity index (χ0v) is 10.8. The van der Waals surface area contributed by atoms with E-state index in [4.69, 9.17) is 10.2 Å². The highest BCUT2D eigenvalue weighted by Crippen LogP contribution is 2.27. The molecule has 2 rings (SSSR count). The molecule has 0 fully saturated rings. The van der Waals surface area contributed by atoms with E-state index in [1.165, 1.54) is 0 Å². The first-order valence-corrected chi connectivity index (χ1v) is 5.87. The predicted octanol–water partition coefficient (Wildman–Crippen LogP) is 3.81. The first kappa shape index (κ1) is 11.2. The molecule has 1 aromatic heterocycles. The van der Waals surface area contributed by atoms with Crippen LogP contribution in [0.5, 0.6) is 0 Å². The van der Waals surface area contributed by atoms with Crippen LogP contribution in [0.1, 0.15) is 25.5 Å². The van der Waals surface area contributed by atoms with Gasteiger partial charge in [-0.25, -0.2) is 4.98 Å². The molecule has 0 radical (unpaired) electrons. The number of nitrogens with two attached hydrogens (primary N) is 1. The quantitative estimate of drug-likeness (QED) is 0.851. The van der Waals surface area contributed by atoms with Crippen molar-refractivity contribution in [3.05, 3.63) is 34.6 Å². The van der Waals surface area contributed by atoms with Gasteiger partial charge in [0.2, 0.25) is 5.89 Å². The SMILES string of the molecule is CC(C)c1cnc(-c2cc(N)cc(Br)c2)o1. The highest BCUT2D eigenvalue weighted by Gasteiger charge is 2.10. The van der Waals surface area contributed by atoms with E-state index < -0.39 is 0 Å². The fourth-order valence-electron chi connectivity index (χ4n) is 1.42. The Morgan fingerprint density at radius 2 is 2.06 bits per heavy atom. The number of oxazole rings is 1. The molecule has 2 aromatic rings. The van der Waals surface area contributed by atoms with Crippen molar-refractivity contribution < 1.29 is 4.42 Å². The highest BCUT2D eigenvalue weighted by atomic mass is 79.9. The molecule has 0 aliphatic heterocycles. The summed E-state index contributed by atoms with van der Waals surface area (Å²) in [5.74, 6) is 1.83. The molecule has 0 aliphatic rings. The molecular weight excluding hydrogens is 268 g/mol. The van der Waals surface area contributed by atoms with Gasteiger partial charge in [0.05, 0.1) is 6.20 Å². The molecule has 1 aromatic carbocycles. The van der Waals surface area contributed by atoms with Gasteiger partial charge >= 0.3 is 0 Å². The molecule has 3 nitrogen and oxygen atoms in total. The van der Waals surface area contributed by atoms with Crippen molar-refractivity contribution in [2.75, 3.05) is 5.73 Å². The molecule has 0 aliphatic carbocycles. The molecule has 0 amide bonds. The summed E-state index contributed by atoms with van der Waals surface area (Å²) < 4.78 is 6.58. The van der Waals surface area contributed by atoms with Crippen molar-refractivity contribution in [3.63, 3.8) is 0 Å². The van der Waals surface area contributed by atoms with Crippen molar-refractivity contribution in [1.82, 2.24) is 4.98 Å². The molecule has 0 spiro atoms. The Hall–Kier alpha value is -1.29. The minimum absolute atomic E-state index is 0.339. The summed E-state index contributed by atoms with van der Waals surface area (Å²) in [6.45, 7) is 4.14. The Bertz CT molecular complexity index is 485. The van der Waals surface area contributed by atoms with Gasteiger partial charge in [0.15, 0.2) is 0 Å². The Labute approximate surface area is 103 Å². The van der Waals surface area contributed by atoms with E-state index in [1.54, 1.807) is 6.20 Å². The Morgan fingerprint density at radius 1 is 1.31 bits per heavy atom. The van der Waals surface area contributed by atoms with Crippen molar-refractivity contribution in [1.29, 1.82) is 0 Å². The van der Waals surface area contributed by atoms with Crippen LogP contribution in [0.4, 0.5) is 5.69 Å². The number of nitrogen functional groups attached to an aromatic ring is 1. The minimum atomic E-state index is 0.339. The van der Waals surface area contributed by atoms with E-state index in [0.29, 0.717) is 17.5 Å². The standard InChI is InChI=1S/C12H13BrN2O/c1-7(2)11-6-15-12(16-11)8-3-9(13)5-10(14)4-8/h3-7H,14H2,1-2H3. The molecule has 1 heterocycles. The van der Waals surface area contributed by atoms with Crippen LogP contribution in [0, 0.1) is 0 Å². The second kappa shape index (κ2) is 4.29. The molecule has 0 unspecified atom stereocenters.